The van der Waals surface area contributed by atoms with Crippen molar-refractivity contribution in [2.24, 2.45) is 0 Å². The van der Waals surface area contributed by atoms with Gasteiger partial charge in [0, 0.05) is 16.7 Å². The lowest BCUT2D eigenvalue weighted by Crippen LogP contribution is -1.99. The van der Waals surface area contributed by atoms with Gasteiger partial charge in [-0.1, -0.05) is 29.7 Å². The van der Waals surface area contributed by atoms with Crippen LogP contribution in [0.5, 0.6) is 5.75 Å². The number of halogens is 1. The Bertz CT molecular complexity index is 888. The molecule has 0 saturated heterocycles. The molecule has 0 radical (unpaired) electrons. The molecule has 4 nitrogen and oxygen atoms in total. The van der Waals surface area contributed by atoms with Crippen LogP contribution in [0.25, 0.3) is 16.9 Å². The highest BCUT2D eigenvalue weighted by molar-refractivity contribution is 6.30. The van der Waals surface area contributed by atoms with Gasteiger partial charge in [-0.2, -0.15) is 5.10 Å². The van der Waals surface area contributed by atoms with Crippen LogP contribution in [-0.2, 0) is 0 Å². The maximum absolute atomic E-state index is 8.89. The van der Waals surface area contributed by atoms with Gasteiger partial charge in [-0.25, -0.2) is 4.68 Å². The second kappa shape index (κ2) is 7.22. The third kappa shape index (κ3) is 3.43. The molecule has 2 aromatic carbocycles. The second-order valence-corrected chi connectivity index (χ2v) is 5.43. The normalized spacial score (nSPS) is 10.1. The Morgan fingerprint density at radius 2 is 1.83 bits per heavy atom. The number of ether oxygens (including phenoxy) is 1. The van der Waals surface area contributed by atoms with Crippen molar-refractivity contribution in [3.63, 3.8) is 0 Å². The molecule has 0 amide bonds. The minimum absolute atomic E-state index is 0.203. The van der Waals surface area contributed by atoms with Gasteiger partial charge in [0.1, 0.15) is 18.1 Å². The molecule has 0 atom stereocenters. The van der Waals surface area contributed by atoms with Gasteiger partial charge in [0.2, 0.25) is 0 Å². The summed E-state index contributed by atoms with van der Waals surface area (Å²) in [6, 6.07) is 17.0. The Morgan fingerprint density at radius 3 is 2.46 bits per heavy atom. The lowest BCUT2D eigenvalue weighted by atomic mass is 10.1. The van der Waals surface area contributed by atoms with Crippen LogP contribution in [0.3, 0.4) is 0 Å². The Morgan fingerprint density at radius 1 is 1.12 bits per heavy atom. The summed E-state index contributed by atoms with van der Waals surface area (Å²) in [5, 5.41) is 14.1. The number of benzene rings is 2. The first-order chi connectivity index (χ1) is 11.7. The van der Waals surface area contributed by atoms with Gasteiger partial charge in [0.05, 0.1) is 18.5 Å². The van der Waals surface area contributed by atoms with E-state index in [1.165, 1.54) is 0 Å². The summed E-state index contributed by atoms with van der Waals surface area (Å²) in [6.07, 6.45) is 0. The molecule has 0 bridgehead atoms. The number of aromatic nitrogens is 2. The van der Waals surface area contributed by atoms with Crippen LogP contribution in [0.1, 0.15) is 5.69 Å². The van der Waals surface area contributed by atoms with Gasteiger partial charge in [-0.15, -0.1) is 0 Å². The maximum Gasteiger partial charge on any atom is 0.136 e. The van der Waals surface area contributed by atoms with Gasteiger partial charge in [-0.3, -0.25) is 0 Å². The molecule has 1 aromatic heterocycles. The van der Waals surface area contributed by atoms with Crippen LogP contribution in [0.15, 0.2) is 54.6 Å². The molecular formula is C19H15ClN2O2. The van der Waals surface area contributed by atoms with Crippen LogP contribution < -0.4 is 4.74 Å². The Balaban J connectivity index is 2.11. The number of methoxy groups -OCH3 is 1. The monoisotopic (exact) mass is 338 g/mol. The van der Waals surface area contributed by atoms with Crippen LogP contribution in [0.2, 0.25) is 5.02 Å². The molecule has 0 fully saturated rings. The highest BCUT2D eigenvalue weighted by atomic mass is 35.5. The van der Waals surface area contributed by atoms with Gasteiger partial charge in [0.25, 0.3) is 0 Å². The molecule has 24 heavy (non-hydrogen) atoms. The molecule has 0 unspecified atom stereocenters. The molecule has 0 spiro atoms. The van der Waals surface area contributed by atoms with Crippen molar-refractivity contribution in [3.8, 4) is 34.5 Å². The Hall–Kier alpha value is -2.74. The summed E-state index contributed by atoms with van der Waals surface area (Å²) >= 11 is 5.98. The second-order valence-electron chi connectivity index (χ2n) is 4.99. The molecule has 120 valence electrons. The molecule has 1 heterocycles. The fourth-order valence-electron chi connectivity index (χ4n) is 2.32. The van der Waals surface area contributed by atoms with Crippen LogP contribution in [0.4, 0.5) is 0 Å². The first-order valence-electron chi connectivity index (χ1n) is 7.31. The third-order valence-electron chi connectivity index (χ3n) is 3.46. The van der Waals surface area contributed by atoms with E-state index in [1.54, 1.807) is 7.11 Å². The number of hydrogen-bond donors (Lipinski definition) is 1. The van der Waals surface area contributed by atoms with Gasteiger partial charge >= 0.3 is 0 Å². The Kier molecular flexibility index (Phi) is 4.85. The highest BCUT2D eigenvalue weighted by Crippen LogP contribution is 2.26. The summed E-state index contributed by atoms with van der Waals surface area (Å²) < 4.78 is 7.01. The fraction of sp³-hybridized carbons (Fsp3) is 0.105. The maximum atomic E-state index is 8.89. The van der Waals surface area contributed by atoms with Crippen molar-refractivity contribution >= 4 is 11.6 Å². The van der Waals surface area contributed by atoms with E-state index in [4.69, 9.17) is 21.4 Å². The van der Waals surface area contributed by atoms with Crippen LogP contribution >= 0.6 is 11.6 Å². The standard InChI is InChI=1S/C19H15ClN2O2/c1-24-18-10-8-17(9-11-18)22-19(13-16(21-22)3-2-12-23)14-4-6-15(20)7-5-14/h4-11,13,23H,12H2,1H3. The number of hydrogen-bond acceptors (Lipinski definition) is 3. The van der Waals surface area contributed by atoms with Crippen LogP contribution in [0, 0.1) is 11.8 Å². The number of aliphatic hydroxyl groups is 1. The molecule has 1 N–H and O–H groups in total. The van der Waals surface area contributed by atoms with E-state index in [-0.39, 0.29) is 6.61 Å². The molecule has 3 rings (SSSR count). The van der Waals surface area contributed by atoms with Crippen molar-refractivity contribution in [3.05, 3.63) is 65.3 Å². The predicted molar refractivity (Wildman–Crippen MR) is 94.5 cm³/mol. The first kappa shape index (κ1) is 16.1. The molecule has 5 heteroatoms. The van der Waals surface area contributed by atoms with E-state index >= 15 is 0 Å². The summed E-state index contributed by atoms with van der Waals surface area (Å²) in [7, 11) is 1.63. The lowest BCUT2D eigenvalue weighted by Gasteiger charge is -2.08. The number of aliphatic hydroxyl groups excluding tert-OH is 1. The topological polar surface area (TPSA) is 47.3 Å². The van der Waals surface area contributed by atoms with Crippen molar-refractivity contribution in [1.82, 2.24) is 9.78 Å². The minimum atomic E-state index is -0.203. The first-order valence-corrected chi connectivity index (χ1v) is 7.69. The van der Waals surface area contributed by atoms with Gasteiger partial charge < -0.3 is 9.84 Å². The zero-order valence-corrected chi connectivity index (χ0v) is 13.8. The Labute approximate surface area is 145 Å². The van der Waals surface area contributed by atoms with Crippen molar-refractivity contribution in [2.75, 3.05) is 13.7 Å². The van der Waals surface area contributed by atoms with E-state index in [0.717, 1.165) is 22.7 Å². The van der Waals surface area contributed by atoms with Crippen molar-refractivity contribution in [2.45, 2.75) is 0 Å². The quantitative estimate of drug-likeness (QED) is 0.743. The summed E-state index contributed by atoms with van der Waals surface area (Å²) in [4.78, 5) is 0. The van der Waals surface area contributed by atoms with E-state index < -0.39 is 0 Å². The molecule has 0 saturated carbocycles. The number of nitrogens with zero attached hydrogens (tertiary/aromatic N) is 2. The summed E-state index contributed by atoms with van der Waals surface area (Å²) in [6.45, 7) is -0.203. The zero-order chi connectivity index (χ0) is 16.9. The van der Waals surface area contributed by atoms with Crippen molar-refractivity contribution in [1.29, 1.82) is 0 Å². The molecule has 0 aliphatic rings. The van der Waals surface area contributed by atoms with Gasteiger partial charge in [0.15, 0.2) is 0 Å². The molecule has 3 aromatic rings. The van der Waals surface area contributed by atoms with Crippen molar-refractivity contribution < 1.29 is 9.84 Å². The lowest BCUT2D eigenvalue weighted by molar-refractivity contribution is 0.350. The van der Waals surface area contributed by atoms with Gasteiger partial charge in [-0.05, 0) is 42.3 Å². The van der Waals surface area contributed by atoms with E-state index in [2.05, 4.69) is 16.9 Å². The summed E-state index contributed by atoms with van der Waals surface area (Å²) in [5.74, 6) is 6.25. The molecule has 0 aliphatic carbocycles. The average Bonchev–Trinajstić information content (AvgIpc) is 3.05. The van der Waals surface area contributed by atoms with E-state index in [0.29, 0.717) is 10.7 Å². The SMILES string of the molecule is COc1ccc(-n2nc(C#CCO)cc2-c2ccc(Cl)cc2)cc1. The fourth-order valence-corrected chi connectivity index (χ4v) is 2.44. The van der Waals surface area contributed by atoms with E-state index in [1.807, 2.05) is 59.3 Å². The average molecular weight is 339 g/mol. The minimum Gasteiger partial charge on any atom is -0.497 e. The third-order valence-corrected chi connectivity index (χ3v) is 3.71. The molecular weight excluding hydrogens is 324 g/mol. The van der Waals surface area contributed by atoms with E-state index in [9.17, 15) is 0 Å². The van der Waals surface area contributed by atoms with Crippen LogP contribution in [-0.4, -0.2) is 28.6 Å². The summed E-state index contributed by atoms with van der Waals surface area (Å²) in [5.41, 5.74) is 3.33. The molecule has 0 aliphatic heterocycles. The zero-order valence-electron chi connectivity index (χ0n) is 13.0. The highest BCUT2D eigenvalue weighted by Gasteiger charge is 2.11. The smallest absolute Gasteiger partial charge is 0.136 e. The predicted octanol–water partition coefficient (Wildman–Crippen LogP) is 3.55. The largest absolute Gasteiger partial charge is 0.497 e. The number of rotatable bonds is 3.